The number of halogens is 1. The Balaban J connectivity index is 1.44. The Bertz CT molecular complexity index is 1360. The number of hydrogen-bond acceptors (Lipinski definition) is 6. The number of oxime groups is 1. The van der Waals surface area contributed by atoms with E-state index in [1.54, 1.807) is 30.7 Å². The van der Waals surface area contributed by atoms with E-state index in [1.807, 2.05) is 61.5 Å². The van der Waals surface area contributed by atoms with Crippen molar-refractivity contribution in [2.75, 3.05) is 0 Å². The van der Waals surface area contributed by atoms with E-state index in [0.717, 1.165) is 33.9 Å². The van der Waals surface area contributed by atoms with E-state index in [0.29, 0.717) is 17.0 Å². The van der Waals surface area contributed by atoms with Crippen molar-refractivity contribution in [2.24, 2.45) is 5.16 Å². The summed E-state index contributed by atoms with van der Waals surface area (Å²) in [6.07, 6.45) is 5.31. The maximum atomic E-state index is 13.3. The lowest BCUT2D eigenvalue weighted by atomic mass is 9.96. The first kappa shape index (κ1) is 22.7. The quantitative estimate of drug-likeness (QED) is 0.388. The van der Waals surface area contributed by atoms with Crippen LogP contribution in [0.3, 0.4) is 0 Å². The molecule has 0 radical (unpaired) electrons. The molecular formula is C27H22ClN5O2. The number of carbonyl (C=O) groups excluding carboxylic acids is 1. The predicted octanol–water partition coefficient (Wildman–Crippen LogP) is 5.55. The van der Waals surface area contributed by atoms with Crippen LogP contribution in [0.2, 0.25) is 5.02 Å². The van der Waals surface area contributed by atoms with Gasteiger partial charge in [-0.25, -0.2) is 0 Å². The van der Waals surface area contributed by atoms with Crippen molar-refractivity contribution in [1.82, 2.24) is 20.3 Å². The van der Waals surface area contributed by atoms with E-state index >= 15 is 0 Å². The molecule has 0 spiro atoms. The molecule has 5 rings (SSSR count). The lowest BCUT2D eigenvalue weighted by Crippen LogP contribution is -2.27. The molecule has 174 valence electrons. The van der Waals surface area contributed by atoms with E-state index in [4.69, 9.17) is 16.4 Å². The Morgan fingerprint density at radius 1 is 1.00 bits per heavy atom. The third-order valence-corrected chi connectivity index (χ3v) is 5.94. The Morgan fingerprint density at radius 3 is 2.51 bits per heavy atom. The molecule has 1 aromatic carbocycles. The second-order valence-electron chi connectivity index (χ2n) is 8.20. The van der Waals surface area contributed by atoms with Crippen LogP contribution in [0.4, 0.5) is 0 Å². The molecule has 8 heteroatoms. The minimum absolute atomic E-state index is 0.228. The van der Waals surface area contributed by atoms with Gasteiger partial charge >= 0.3 is 0 Å². The van der Waals surface area contributed by atoms with Gasteiger partial charge in [-0.2, -0.15) is 0 Å². The van der Waals surface area contributed by atoms with Gasteiger partial charge in [-0.15, -0.1) is 0 Å². The van der Waals surface area contributed by atoms with Gasteiger partial charge in [0.15, 0.2) is 6.10 Å². The molecule has 0 unspecified atom stereocenters. The Labute approximate surface area is 207 Å². The summed E-state index contributed by atoms with van der Waals surface area (Å²) in [6, 6.07) is 20.3. The summed E-state index contributed by atoms with van der Waals surface area (Å²) in [4.78, 5) is 32.1. The number of hydrogen-bond donors (Lipinski definition) is 1. The van der Waals surface area contributed by atoms with E-state index in [2.05, 4.69) is 25.4 Å². The Hall–Kier alpha value is -4.10. The molecule has 2 atom stereocenters. The number of carbonyl (C=O) groups is 1. The summed E-state index contributed by atoms with van der Waals surface area (Å²) in [7, 11) is 0. The molecule has 0 saturated heterocycles. The summed E-state index contributed by atoms with van der Waals surface area (Å²) in [5.41, 5.74) is 5.15. The van der Waals surface area contributed by atoms with Crippen molar-refractivity contribution < 1.29 is 9.63 Å². The van der Waals surface area contributed by atoms with Crippen molar-refractivity contribution >= 4 is 23.2 Å². The molecule has 7 nitrogen and oxygen atoms in total. The number of pyridine rings is 3. The van der Waals surface area contributed by atoms with Crippen molar-refractivity contribution in [1.29, 1.82) is 0 Å². The number of benzene rings is 1. The van der Waals surface area contributed by atoms with Crippen LogP contribution in [0.5, 0.6) is 0 Å². The molecule has 3 aromatic heterocycles. The average molecular weight is 484 g/mol. The zero-order valence-electron chi connectivity index (χ0n) is 18.9. The molecule has 1 aliphatic heterocycles. The summed E-state index contributed by atoms with van der Waals surface area (Å²) < 4.78 is 0. The lowest BCUT2D eigenvalue weighted by Gasteiger charge is -2.15. The second kappa shape index (κ2) is 10.0. The molecule has 35 heavy (non-hydrogen) atoms. The van der Waals surface area contributed by atoms with Gasteiger partial charge in [0.2, 0.25) is 0 Å². The zero-order valence-corrected chi connectivity index (χ0v) is 19.7. The zero-order chi connectivity index (χ0) is 24.2. The standard InChI is InChI=1S/C27H22ClN5O2/c1-17(22-9-8-21(28)16-31-22)32-27(34)20-13-18(23-6-2-4-10-29-23)12-19(14-20)25-15-26(35-33-25)24-7-3-5-11-30-24/h2-14,16-17,26H,15H2,1H3,(H,32,34)/t17-,26+/m1/s1. The van der Waals surface area contributed by atoms with Gasteiger partial charge in [-0.3, -0.25) is 19.7 Å². The highest BCUT2D eigenvalue weighted by Gasteiger charge is 2.26. The topological polar surface area (TPSA) is 89.4 Å². The van der Waals surface area contributed by atoms with Crippen LogP contribution in [0.1, 0.15) is 52.8 Å². The summed E-state index contributed by atoms with van der Waals surface area (Å²) in [5, 5.41) is 7.88. The smallest absolute Gasteiger partial charge is 0.251 e. The van der Waals surface area contributed by atoms with Gasteiger partial charge in [0.25, 0.3) is 5.91 Å². The minimum Gasteiger partial charge on any atom is -0.385 e. The first-order chi connectivity index (χ1) is 17.1. The molecule has 1 amide bonds. The monoisotopic (exact) mass is 483 g/mol. The minimum atomic E-state index is -0.303. The van der Waals surface area contributed by atoms with Crippen molar-refractivity contribution in [3.05, 3.63) is 113 Å². The number of rotatable bonds is 6. The molecule has 1 aliphatic rings. The van der Waals surface area contributed by atoms with Gasteiger partial charge < -0.3 is 10.2 Å². The fourth-order valence-corrected chi connectivity index (χ4v) is 3.99. The van der Waals surface area contributed by atoms with Gasteiger partial charge in [-0.1, -0.05) is 28.9 Å². The van der Waals surface area contributed by atoms with Gasteiger partial charge in [-0.05, 0) is 61.5 Å². The van der Waals surface area contributed by atoms with Gasteiger partial charge in [0.1, 0.15) is 0 Å². The molecule has 4 aromatic rings. The maximum Gasteiger partial charge on any atom is 0.251 e. The first-order valence-electron chi connectivity index (χ1n) is 11.2. The molecular weight excluding hydrogens is 462 g/mol. The molecule has 0 aliphatic carbocycles. The first-order valence-corrected chi connectivity index (χ1v) is 11.6. The van der Waals surface area contributed by atoms with Crippen LogP contribution in [-0.4, -0.2) is 26.6 Å². The van der Waals surface area contributed by atoms with Crippen LogP contribution < -0.4 is 5.32 Å². The highest BCUT2D eigenvalue weighted by atomic mass is 35.5. The highest BCUT2D eigenvalue weighted by molar-refractivity contribution is 6.30. The molecule has 0 bridgehead atoms. The van der Waals surface area contributed by atoms with Gasteiger partial charge in [0.05, 0.1) is 33.9 Å². The van der Waals surface area contributed by atoms with Crippen molar-refractivity contribution in [3.8, 4) is 11.3 Å². The Kier molecular flexibility index (Phi) is 6.50. The van der Waals surface area contributed by atoms with Crippen LogP contribution in [0, 0.1) is 0 Å². The van der Waals surface area contributed by atoms with E-state index in [-0.39, 0.29) is 18.1 Å². The van der Waals surface area contributed by atoms with E-state index in [9.17, 15) is 4.79 Å². The number of amides is 1. The maximum absolute atomic E-state index is 13.3. The number of nitrogens with zero attached hydrogens (tertiary/aromatic N) is 4. The SMILES string of the molecule is C[C@@H](NC(=O)c1cc(C2=NO[C@H](c3ccccn3)C2)cc(-c2ccccn2)c1)c1ccc(Cl)cn1. The van der Waals surface area contributed by atoms with Crippen molar-refractivity contribution in [3.63, 3.8) is 0 Å². The van der Waals surface area contributed by atoms with Crippen LogP contribution in [0.25, 0.3) is 11.3 Å². The Morgan fingerprint density at radius 2 is 1.80 bits per heavy atom. The van der Waals surface area contributed by atoms with Gasteiger partial charge in [0, 0.05) is 41.7 Å². The summed E-state index contributed by atoms with van der Waals surface area (Å²) in [5.74, 6) is -0.228. The van der Waals surface area contributed by atoms with Crippen LogP contribution in [0.15, 0.2) is 90.5 Å². The average Bonchev–Trinajstić information content (AvgIpc) is 3.40. The number of aromatic nitrogens is 3. The molecule has 4 heterocycles. The highest BCUT2D eigenvalue weighted by Crippen LogP contribution is 2.30. The summed E-state index contributed by atoms with van der Waals surface area (Å²) >= 11 is 5.94. The molecule has 0 saturated carbocycles. The largest absolute Gasteiger partial charge is 0.385 e. The van der Waals surface area contributed by atoms with Crippen LogP contribution >= 0.6 is 11.6 Å². The van der Waals surface area contributed by atoms with Crippen molar-refractivity contribution in [2.45, 2.75) is 25.5 Å². The number of nitrogens with one attached hydrogen (secondary N) is 1. The third kappa shape index (κ3) is 5.20. The summed E-state index contributed by atoms with van der Waals surface area (Å²) in [6.45, 7) is 1.88. The fraction of sp³-hybridized carbons (Fsp3) is 0.148. The molecule has 0 fully saturated rings. The normalized spacial score (nSPS) is 15.7. The van der Waals surface area contributed by atoms with E-state index in [1.165, 1.54) is 0 Å². The predicted molar refractivity (Wildman–Crippen MR) is 134 cm³/mol. The molecule has 1 N–H and O–H groups in total. The van der Waals surface area contributed by atoms with E-state index < -0.39 is 0 Å². The third-order valence-electron chi connectivity index (χ3n) is 5.72. The lowest BCUT2D eigenvalue weighted by molar-refractivity contribution is 0.0826. The fourth-order valence-electron chi connectivity index (χ4n) is 3.88. The van der Waals surface area contributed by atoms with Crippen LogP contribution in [-0.2, 0) is 4.84 Å². The second-order valence-corrected chi connectivity index (χ2v) is 8.64.